The molecule has 0 spiro atoms. The zero-order valence-corrected chi connectivity index (χ0v) is 25.9. The third kappa shape index (κ3) is 6.01. The lowest BCUT2D eigenvalue weighted by atomic mass is 9.95. The highest BCUT2D eigenvalue weighted by Gasteiger charge is 2.33. The molecule has 5 rings (SSSR count). The van der Waals surface area contributed by atoms with E-state index < -0.39 is 12.0 Å². The van der Waals surface area contributed by atoms with Gasteiger partial charge in [-0.25, -0.2) is 9.79 Å². The molecule has 0 fully saturated rings. The van der Waals surface area contributed by atoms with E-state index in [-0.39, 0.29) is 5.56 Å². The zero-order chi connectivity index (χ0) is 28.9. The predicted octanol–water partition coefficient (Wildman–Crippen LogP) is 5.38. The van der Waals surface area contributed by atoms with E-state index in [1.807, 2.05) is 92.7 Å². The van der Waals surface area contributed by atoms with Crippen LogP contribution in [-0.4, -0.2) is 24.3 Å². The van der Waals surface area contributed by atoms with Gasteiger partial charge in [-0.05, 0) is 70.8 Å². The summed E-state index contributed by atoms with van der Waals surface area (Å²) in [7, 11) is 1.35. The Morgan fingerprint density at radius 2 is 1.76 bits per heavy atom. The second-order valence-electron chi connectivity index (χ2n) is 9.24. The maximum atomic E-state index is 13.9. The molecule has 9 heteroatoms. The number of rotatable bonds is 9. The molecule has 0 bridgehead atoms. The van der Waals surface area contributed by atoms with Gasteiger partial charge in [-0.1, -0.05) is 78.9 Å². The topological polar surface area (TPSA) is 79.1 Å². The number of halogens is 1. The van der Waals surface area contributed by atoms with Crippen LogP contribution in [0.2, 0.25) is 0 Å². The van der Waals surface area contributed by atoms with E-state index in [4.69, 9.17) is 19.2 Å². The molecule has 0 saturated heterocycles. The molecule has 0 N–H and O–H groups in total. The van der Waals surface area contributed by atoms with Crippen LogP contribution in [0.25, 0.3) is 6.08 Å². The number of fused-ring (bicyclic) bond motifs is 1. The normalized spacial score (nSPS) is 14.8. The Kier molecular flexibility index (Phi) is 9.04. The summed E-state index contributed by atoms with van der Waals surface area (Å²) in [6.07, 6.45) is 2.37. The van der Waals surface area contributed by atoms with Gasteiger partial charge in [0.2, 0.25) is 0 Å². The van der Waals surface area contributed by atoms with E-state index in [1.54, 1.807) is 4.57 Å². The molecule has 210 valence electrons. The Hall–Kier alpha value is -3.70. The maximum absolute atomic E-state index is 13.9. The van der Waals surface area contributed by atoms with Gasteiger partial charge in [0.1, 0.15) is 6.61 Å². The first-order chi connectivity index (χ1) is 19.9. The minimum atomic E-state index is -0.634. The molecule has 0 radical (unpaired) electrons. The van der Waals surface area contributed by atoms with Crippen LogP contribution in [0.15, 0.2) is 93.9 Å². The summed E-state index contributed by atoms with van der Waals surface area (Å²) in [5.41, 5.74) is 3.45. The van der Waals surface area contributed by atoms with Crippen LogP contribution in [0.1, 0.15) is 43.0 Å². The monoisotopic (exact) mass is 680 g/mol. The molecule has 0 aliphatic carbocycles. The lowest BCUT2D eigenvalue weighted by Crippen LogP contribution is -2.40. The molecule has 1 atom stereocenters. The SMILES string of the molecule is CCOc1cc(/C=c2/sc3n(c2=O)[C@H](c2ccccc2)C(C(=O)OC)=C(CC)N=3)cc(I)c1OCc1ccccc1. The number of thiazole rings is 1. The second-order valence-corrected chi connectivity index (χ2v) is 11.4. The van der Waals surface area contributed by atoms with Gasteiger partial charge >= 0.3 is 5.97 Å². The number of hydrogen-bond donors (Lipinski definition) is 0. The maximum Gasteiger partial charge on any atom is 0.338 e. The van der Waals surface area contributed by atoms with Crippen molar-refractivity contribution in [3.8, 4) is 11.5 Å². The fraction of sp³-hybridized carbons (Fsp3) is 0.219. The fourth-order valence-corrected chi connectivity index (χ4v) is 6.57. The molecule has 1 aliphatic rings. The molecule has 1 aliphatic heterocycles. The fourth-order valence-electron chi connectivity index (χ4n) is 4.77. The summed E-state index contributed by atoms with van der Waals surface area (Å²) in [6, 6.07) is 22.7. The zero-order valence-electron chi connectivity index (χ0n) is 22.9. The summed E-state index contributed by atoms with van der Waals surface area (Å²) in [5.74, 6) is 0.780. The molecule has 7 nitrogen and oxygen atoms in total. The van der Waals surface area contributed by atoms with Gasteiger partial charge in [0.15, 0.2) is 16.3 Å². The number of carbonyl (C=O) groups excluding carboxylic acids is 1. The predicted molar refractivity (Wildman–Crippen MR) is 168 cm³/mol. The van der Waals surface area contributed by atoms with E-state index in [9.17, 15) is 9.59 Å². The first-order valence-corrected chi connectivity index (χ1v) is 15.2. The number of allylic oxidation sites excluding steroid dienone is 1. The minimum absolute atomic E-state index is 0.225. The lowest BCUT2D eigenvalue weighted by Gasteiger charge is -2.25. The molecule has 0 saturated carbocycles. The Bertz CT molecular complexity index is 1780. The van der Waals surface area contributed by atoms with Gasteiger partial charge < -0.3 is 14.2 Å². The average molecular weight is 681 g/mol. The average Bonchev–Trinajstić information content (AvgIpc) is 3.30. The number of methoxy groups -OCH3 is 1. The summed E-state index contributed by atoms with van der Waals surface area (Å²) in [6.45, 7) is 4.75. The van der Waals surface area contributed by atoms with Crippen LogP contribution in [0.3, 0.4) is 0 Å². The quantitative estimate of drug-likeness (QED) is 0.175. The summed E-state index contributed by atoms with van der Waals surface area (Å²) in [4.78, 5) is 32.2. The first kappa shape index (κ1) is 28.8. The number of benzene rings is 3. The number of esters is 1. The Morgan fingerprint density at radius 3 is 2.41 bits per heavy atom. The van der Waals surface area contributed by atoms with Crippen molar-refractivity contribution in [1.82, 2.24) is 4.57 Å². The number of ether oxygens (including phenoxy) is 3. The third-order valence-corrected chi connectivity index (χ3v) is 8.41. The largest absolute Gasteiger partial charge is 0.490 e. The Labute approximate surface area is 255 Å². The molecular formula is C32H29IN2O5S. The Balaban J connectivity index is 1.61. The highest BCUT2D eigenvalue weighted by molar-refractivity contribution is 14.1. The third-order valence-electron chi connectivity index (χ3n) is 6.62. The van der Waals surface area contributed by atoms with Crippen LogP contribution in [0, 0.1) is 3.57 Å². The van der Waals surface area contributed by atoms with Gasteiger partial charge in [-0.3, -0.25) is 9.36 Å². The number of hydrogen-bond acceptors (Lipinski definition) is 7. The van der Waals surface area contributed by atoms with Gasteiger partial charge in [0.25, 0.3) is 5.56 Å². The standard InChI is InChI=1S/C32H29IN2O5S/c1-4-24-27(31(37)38-3)28(22-14-10-7-11-15-22)35-30(36)26(41-32(35)34-24)18-21-16-23(33)29(25(17-21)39-5-2)40-19-20-12-8-6-9-13-20/h6-18,28H,4-5,19H2,1-3H3/b26-18+/t28-/m1/s1. The van der Waals surface area contributed by atoms with E-state index in [0.29, 0.717) is 51.7 Å². The molecular weight excluding hydrogens is 651 g/mol. The Morgan fingerprint density at radius 1 is 1.05 bits per heavy atom. The molecule has 4 aromatic rings. The van der Waals surface area contributed by atoms with E-state index in [1.165, 1.54) is 18.4 Å². The van der Waals surface area contributed by atoms with Crippen LogP contribution >= 0.6 is 33.9 Å². The molecule has 3 aromatic carbocycles. The summed E-state index contributed by atoms with van der Waals surface area (Å²) in [5, 5.41) is 0. The lowest BCUT2D eigenvalue weighted by molar-refractivity contribution is -0.136. The van der Waals surface area contributed by atoms with Crippen LogP contribution in [0.5, 0.6) is 11.5 Å². The number of aromatic nitrogens is 1. The second kappa shape index (κ2) is 12.9. The van der Waals surface area contributed by atoms with E-state index >= 15 is 0 Å². The van der Waals surface area contributed by atoms with E-state index in [2.05, 4.69) is 22.6 Å². The molecule has 0 amide bonds. The van der Waals surface area contributed by atoms with Gasteiger partial charge in [-0.2, -0.15) is 0 Å². The molecule has 0 unspecified atom stereocenters. The highest BCUT2D eigenvalue weighted by Crippen LogP contribution is 2.35. The van der Waals surface area contributed by atoms with Crippen molar-refractivity contribution in [2.45, 2.75) is 32.9 Å². The summed E-state index contributed by atoms with van der Waals surface area (Å²) >= 11 is 3.53. The van der Waals surface area contributed by atoms with E-state index in [0.717, 1.165) is 20.3 Å². The smallest absolute Gasteiger partial charge is 0.338 e. The van der Waals surface area contributed by atoms with Crippen molar-refractivity contribution in [3.63, 3.8) is 0 Å². The minimum Gasteiger partial charge on any atom is -0.490 e. The van der Waals surface area contributed by atoms with Crippen molar-refractivity contribution in [2.75, 3.05) is 13.7 Å². The van der Waals surface area contributed by atoms with Crippen molar-refractivity contribution in [1.29, 1.82) is 0 Å². The molecule has 1 aromatic heterocycles. The van der Waals surface area contributed by atoms with Crippen molar-refractivity contribution in [3.05, 3.63) is 124 Å². The highest BCUT2D eigenvalue weighted by atomic mass is 127. The van der Waals surface area contributed by atoms with Crippen molar-refractivity contribution < 1.29 is 19.0 Å². The molecule has 2 heterocycles. The van der Waals surface area contributed by atoms with Crippen molar-refractivity contribution in [2.24, 2.45) is 4.99 Å². The van der Waals surface area contributed by atoms with Gasteiger partial charge in [-0.15, -0.1) is 0 Å². The number of nitrogens with zero attached hydrogens (tertiary/aromatic N) is 2. The van der Waals surface area contributed by atoms with Crippen LogP contribution < -0.4 is 24.4 Å². The van der Waals surface area contributed by atoms with Gasteiger partial charge in [0, 0.05) is 0 Å². The number of carbonyl (C=O) groups is 1. The molecule has 41 heavy (non-hydrogen) atoms. The summed E-state index contributed by atoms with van der Waals surface area (Å²) < 4.78 is 20.2. The van der Waals surface area contributed by atoms with Crippen LogP contribution in [0.4, 0.5) is 0 Å². The van der Waals surface area contributed by atoms with Gasteiger partial charge in [0.05, 0.1) is 39.1 Å². The van der Waals surface area contributed by atoms with Crippen LogP contribution in [-0.2, 0) is 16.1 Å². The first-order valence-electron chi connectivity index (χ1n) is 13.3. The van der Waals surface area contributed by atoms with Crippen molar-refractivity contribution >= 4 is 46.0 Å².